The van der Waals surface area contributed by atoms with Crippen molar-refractivity contribution in [3.8, 4) is 0 Å². The van der Waals surface area contributed by atoms with Crippen LogP contribution in [-0.2, 0) is 11.3 Å². The molecule has 0 aliphatic carbocycles. The van der Waals surface area contributed by atoms with Crippen molar-refractivity contribution in [3.63, 3.8) is 0 Å². The summed E-state index contributed by atoms with van der Waals surface area (Å²) in [6, 6.07) is 6.71. The van der Waals surface area contributed by atoms with Gasteiger partial charge in [0.2, 0.25) is 5.95 Å². The third-order valence-electron chi connectivity index (χ3n) is 5.12. The monoisotopic (exact) mass is 376 g/mol. The van der Waals surface area contributed by atoms with Crippen molar-refractivity contribution in [2.45, 2.75) is 55.7 Å². The topological polar surface area (TPSA) is 43.2 Å². The van der Waals surface area contributed by atoms with Crippen LogP contribution in [0.5, 0.6) is 0 Å². The minimum absolute atomic E-state index is 0.175. The second-order valence-electron chi connectivity index (χ2n) is 7.03. The van der Waals surface area contributed by atoms with Crippen LogP contribution in [0.3, 0.4) is 0 Å². The molecule has 0 radical (unpaired) electrons. The summed E-state index contributed by atoms with van der Waals surface area (Å²) in [7, 11) is 0. The highest BCUT2D eigenvalue weighted by molar-refractivity contribution is 7.99. The molecule has 0 bridgehead atoms. The molecule has 5 nitrogen and oxygen atoms in total. The van der Waals surface area contributed by atoms with E-state index in [0.29, 0.717) is 0 Å². The molecule has 0 unspecified atom stereocenters. The molecule has 2 aliphatic rings. The smallest absolute Gasteiger partial charge is 0.228 e. The van der Waals surface area contributed by atoms with E-state index in [-0.39, 0.29) is 17.2 Å². The van der Waals surface area contributed by atoms with Gasteiger partial charge in [0.15, 0.2) is 5.16 Å². The number of thioether (sulfide) groups is 1. The number of benzene rings is 1. The molecule has 2 aliphatic heterocycles. The average molecular weight is 377 g/mol. The molecular formula is C19H25FN4OS. The Balaban J connectivity index is 1.56. The average Bonchev–Trinajstić information content (AvgIpc) is 3.39. The van der Waals surface area contributed by atoms with E-state index < -0.39 is 0 Å². The number of hydrogen-bond acceptors (Lipinski definition) is 5. The standard InChI is InChI=1S/C19H25FN4OS/c1-14(15-6-8-16(20)9-7-15)26-19-22-21-18(23-10-2-3-11-23)24(19)13-17-5-4-12-25-17/h6-9,14,17H,2-5,10-13H2,1H3/t14-,17-/m0/s1. The Morgan fingerprint density at radius 3 is 2.65 bits per heavy atom. The van der Waals surface area contributed by atoms with Gasteiger partial charge in [0.05, 0.1) is 12.6 Å². The molecule has 1 aromatic heterocycles. The van der Waals surface area contributed by atoms with Crippen LogP contribution in [-0.4, -0.2) is 40.6 Å². The van der Waals surface area contributed by atoms with Crippen LogP contribution < -0.4 is 4.90 Å². The third-order valence-corrected chi connectivity index (χ3v) is 6.26. The van der Waals surface area contributed by atoms with Crippen LogP contribution in [0.25, 0.3) is 0 Å². The molecule has 2 fully saturated rings. The fourth-order valence-electron chi connectivity index (χ4n) is 3.63. The lowest BCUT2D eigenvalue weighted by atomic mass is 10.2. The van der Waals surface area contributed by atoms with E-state index in [2.05, 4.69) is 26.6 Å². The number of nitrogens with zero attached hydrogens (tertiary/aromatic N) is 4. The van der Waals surface area contributed by atoms with Gasteiger partial charge in [0.25, 0.3) is 0 Å². The maximum atomic E-state index is 13.2. The Morgan fingerprint density at radius 1 is 1.19 bits per heavy atom. The normalized spacial score (nSPS) is 21.5. The molecule has 26 heavy (non-hydrogen) atoms. The predicted molar refractivity (Wildman–Crippen MR) is 101 cm³/mol. The highest BCUT2D eigenvalue weighted by Gasteiger charge is 2.26. The Bertz CT molecular complexity index is 724. The first kappa shape index (κ1) is 17.8. The summed E-state index contributed by atoms with van der Waals surface area (Å²) < 4.78 is 21.3. The molecule has 0 saturated carbocycles. The maximum Gasteiger partial charge on any atom is 0.228 e. The zero-order valence-corrected chi connectivity index (χ0v) is 15.9. The SMILES string of the molecule is C[C@H](Sc1nnc(N2CCCC2)n1C[C@@H]1CCCO1)c1ccc(F)cc1. The van der Waals surface area contributed by atoms with Gasteiger partial charge in [-0.1, -0.05) is 23.9 Å². The number of aromatic nitrogens is 3. The van der Waals surface area contributed by atoms with Gasteiger partial charge < -0.3 is 9.64 Å². The molecule has 0 N–H and O–H groups in total. The highest BCUT2D eigenvalue weighted by atomic mass is 32.2. The zero-order valence-electron chi connectivity index (χ0n) is 15.1. The second-order valence-corrected chi connectivity index (χ2v) is 8.34. The predicted octanol–water partition coefficient (Wildman–Crippen LogP) is 4.05. The number of halogens is 1. The van der Waals surface area contributed by atoms with Gasteiger partial charge in [-0.2, -0.15) is 0 Å². The van der Waals surface area contributed by atoms with Crippen molar-refractivity contribution in [3.05, 3.63) is 35.6 Å². The van der Waals surface area contributed by atoms with Gasteiger partial charge in [0, 0.05) is 24.9 Å². The Hall–Kier alpha value is -1.60. The molecule has 140 valence electrons. The lowest BCUT2D eigenvalue weighted by Gasteiger charge is -2.21. The lowest BCUT2D eigenvalue weighted by Crippen LogP contribution is -2.25. The summed E-state index contributed by atoms with van der Waals surface area (Å²) in [5, 5.41) is 10.1. The van der Waals surface area contributed by atoms with Gasteiger partial charge in [-0.05, 0) is 50.3 Å². The molecule has 0 amide bonds. The van der Waals surface area contributed by atoms with Gasteiger partial charge >= 0.3 is 0 Å². The van der Waals surface area contributed by atoms with Crippen molar-refractivity contribution in [1.29, 1.82) is 0 Å². The van der Waals surface area contributed by atoms with Crippen LogP contribution in [0.15, 0.2) is 29.4 Å². The first-order valence-electron chi connectivity index (χ1n) is 9.42. The summed E-state index contributed by atoms with van der Waals surface area (Å²) >= 11 is 1.68. The summed E-state index contributed by atoms with van der Waals surface area (Å²) in [6.07, 6.45) is 4.88. The molecule has 0 spiro atoms. The number of anilines is 1. The molecule has 3 heterocycles. The van der Waals surface area contributed by atoms with E-state index >= 15 is 0 Å². The Labute approximate surface area is 157 Å². The molecular weight excluding hydrogens is 351 g/mol. The fraction of sp³-hybridized carbons (Fsp3) is 0.579. The second kappa shape index (κ2) is 7.96. The van der Waals surface area contributed by atoms with Crippen molar-refractivity contribution >= 4 is 17.7 Å². The van der Waals surface area contributed by atoms with Gasteiger partial charge in [-0.3, -0.25) is 4.57 Å². The van der Waals surface area contributed by atoms with E-state index in [4.69, 9.17) is 4.74 Å². The summed E-state index contributed by atoms with van der Waals surface area (Å²) in [5.74, 6) is 0.760. The molecule has 2 saturated heterocycles. The number of rotatable bonds is 6. The fourth-order valence-corrected chi connectivity index (χ4v) is 4.61. The molecule has 2 atom stereocenters. The van der Waals surface area contributed by atoms with Gasteiger partial charge in [-0.25, -0.2) is 4.39 Å². The molecule has 7 heteroatoms. The Kier molecular flexibility index (Phi) is 5.45. The maximum absolute atomic E-state index is 13.2. The quantitative estimate of drug-likeness (QED) is 0.712. The zero-order chi connectivity index (χ0) is 17.9. The van der Waals surface area contributed by atoms with E-state index in [9.17, 15) is 4.39 Å². The minimum atomic E-state index is -0.205. The highest BCUT2D eigenvalue weighted by Crippen LogP contribution is 2.36. The molecule has 1 aromatic carbocycles. The van der Waals surface area contributed by atoms with Crippen LogP contribution >= 0.6 is 11.8 Å². The van der Waals surface area contributed by atoms with Crippen LogP contribution in [0.4, 0.5) is 10.3 Å². The van der Waals surface area contributed by atoms with Crippen molar-refractivity contribution in [2.24, 2.45) is 0 Å². The van der Waals surface area contributed by atoms with E-state index in [1.165, 1.54) is 25.0 Å². The summed E-state index contributed by atoms with van der Waals surface area (Å²) in [6.45, 7) is 5.86. The third kappa shape index (κ3) is 3.88. The summed E-state index contributed by atoms with van der Waals surface area (Å²) in [4.78, 5) is 2.33. The molecule has 4 rings (SSSR count). The first-order chi connectivity index (χ1) is 12.7. The van der Waals surface area contributed by atoms with Crippen molar-refractivity contribution < 1.29 is 9.13 Å². The van der Waals surface area contributed by atoms with E-state index in [1.54, 1.807) is 11.8 Å². The van der Waals surface area contributed by atoms with Crippen LogP contribution in [0.1, 0.15) is 43.4 Å². The van der Waals surface area contributed by atoms with Crippen LogP contribution in [0, 0.1) is 5.82 Å². The van der Waals surface area contributed by atoms with Crippen molar-refractivity contribution in [2.75, 3.05) is 24.6 Å². The Morgan fingerprint density at radius 2 is 1.96 bits per heavy atom. The first-order valence-corrected chi connectivity index (χ1v) is 10.3. The number of hydrogen-bond donors (Lipinski definition) is 0. The van der Waals surface area contributed by atoms with Gasteiger partial charge in [-0.15, -0.1) is 10.2 Å². The van der Waals surface area contributed by atoms with Crippen LogP contribution in [0.2, 0.25) is 0 Å². The van der Waals surface area contributed by atoms with E-state index in [0.717, 1.165) is 55.8 Å². The minimum Gasteiger partial charge on any atom is -0.376 e. The number of ether oxygens (including phenoxy) is 1. The van der Waals surface area contributed by atoms with E-state index in [1.807, 2.05) is 12.1 Å². The van der Waals surface area contributed by atoms with Crippen molar-refractivity contribution in [1.82, 2.24) is 14.8 Å². The molecule has 2 aromatic rings. The largest absolute Gasteiger partial charge is 0.376 e. The lowest BCUT2D eigenvalue weighted by molar-refractivity contribution is 0.0952. The summed E-state index contributed by atoms with van der Waals surface area (Å²) in [5.41, 5.74) is 1.09. The van der Waals surface area contributed by atoms with Gasteiger partial charge in [0.1, 0.15) is 5.82 Å².